The number of carbonyl (C=O) groups excluding carboxylic acids is 3. The highest BCUT2D eigenvalue weighted by atomic mass is 19.1. The van der Waals surface area contributed by atoms with Gasteiger partial charge in [-0.05, 0) is 59.5 Å². The normalized spacial score (nSPS) is 17.3. The minimum Gasteiger partial charge on any atom is -0.348 e. The van der Waals surface area contributed by atoms with Crippen molar-refractivity contribution in [1.82, 2.24) is 24.4 Å². The van der Waals surface area contributed by atoms with E-state index < -0.39 is 24.0 Å². The fraction of sp³-hybridized carbons (Fsp3) is 0.257. The second-order valence-electron chi connectivity index (χ2n) is 11.9. The fourth-order valence-electron chi connectivity index (χ4n) is 6.53. The monoisotopic (exact) mass is 617 g/mol. The van der Waals surface area contributed by atoms with Crippen LogP contribution in [0.1, 0.15) is 46.0 Å². The van der Waals surface area contributed by atoms with E-state index in [1.807, 2.05) is 54.6 Å². The Morgan fingerprint density at radius 2 is 1.85 bits per heavy atom. The molecular formula is C35H32FN7O3. The Labute approximate surface area is 264 Å². The molecule has 11 heteroatoms. The van der Waals surface area contributed by atoms with Gasteiger partial charge in [-0.3, -0.25) is 14.4 Å². The van der Waals surface area contributed by atoms with Crippen LogP contribution in [0.5, 0.6) is 0 Å². The molecule has 232 valence electrons. The number of amides is 2. The second kappa shape index (κ2) is 12.2. The number of hydrogen-bond donors (Lipinski definition) is 1. The van der Waals surface area contributed by atoms with E-state index in [1.54, 1.807) is 29.4 Å². The number of likely N-dealkylation sites (tertiary alicyclic amines) is 1. The molecule has 7 rings (SSSR count). The highest BCUT2D eigenvalue weighted by Gasteiger charge is 2.40. The molecule has 46 heavy (non-hydrogen) atoms. The first kappa shape index (κ1) is 29.3. The van der Waals surface area contributed by atoms with E-state index in [9.17, 15) is 18.8 Å². The zero-order valence-corrected chi connectivity index (χ0v) is 25.3. The Balaban J connectivity index is 1.09. The average Bonchev–Trinajstić information content (AvgIpc) is 3.78. The summed E-state index contributed by atoms with van der Waals surface area (Å²) in [5, 5.41) is 3.72. The fourth-order valence-corrected chi connectivity index (χ4v) is 6.53. The van der Waals surface area contributed by atoms with E-state index in [2.05, 4.69) is 25.2 Å². The van der Waals surface area contributed by atoms with Crippen LogP contribution < -0.4 is 10.2 Å². The van der Waals surface area contributed by atoms with Gasteiger partial charge in [0, 0.05) is 72.9 Å². The molecule has 5 aromatic rings. The number of benzene rings is 2. The van der Waals surface area contributed by atoms with Gasteiger partial charge >= 0.3 is 0 Å². The Hall–Kier alpha value is -5.45. The molecule has 1 fully saturated rings. The second-order valence-corrected chi connectivity index (χ2v) is 11.9. The smallest absolute Gasteiger partial charge is 0.247 e. The van der Waals surface area contributed by atoms with Gasteiger partial charge in [0.1, 0.15) is 30.9 Å². The predicted octanol–water partition coefficient (Wildman–Crippen LogP) is 4.72. The maximum atomic E-state index is 14.8. The molecule has 0 aliphatic carbocycles. The van der Waals surface area contributed by atoms with Gasteiger partial charge in [0.2, 0.25) is 11.8 Å². The number of pyridine rings is 1. The zero-order chi connectivity index (χ0) is 31.8. The van der Waals surface area contributed by atoms with Crippen molar-refractivity contribution in [2.75, 3.05) is 16.8 Å². The van der Waals surface area contributed by atoms with Crippen molar-refractivity contribution in [3.8, 4) is 0 Å². The maximum absolute atomic E-state index is 14.8. The summed E-state index contributed by atoms with van der Waals surface area (Å²) >= 11 is 0. The third kappa shape index (κ3) is 5.71. The summed E-state index contributed by atoms with van der Waals surface area (Å²) in [5.41, 5.74) is 5.81. The largest absolute Gasteiger partial charge is 0.348 e. The lowest BCUT2D eigenvalue weighted by Crippen LogP contribution is -2.44. The number of Topliss-reactive ketones (excluding diaryl/α,β-unsaturated/α-hetero) is 1. The number of anilines is 2. The molecule has 2 atom stereocenters. The van der Waals surface area contributed by atoms with Crippen molar-refractivity contribution >= 4 is 40.0 Å². The van der Waals surface area contributed by atoms with E-state index in [4.69, 9.17) is 0 Å². The quantitative estimate of drug-likeness (QED) is 0.251. The first-order valence-electron chi connectivity index (χ1n) is 15.2. The molecule has 0 saturated carbocycles. The summed E-state index contributed by atoms with van der Waals surface area (Å²) in [6, 6.07) is 16.3. The highest BCUT2D eigenvalue weighted by Crippen LogP contribution is 2.33. The van der Waals surface area contributed by atoms with Crippen LogP contribution in [0.15, 0.2) is 85.7 Å². The third-order valence-electron chi connectivity index (χ3n) is 8.74. The lowest BCUT2D eigenvalue weighted by atomic mass is 10.0. The minimum atomic E-state index is -1.32. The molecule has 10 nitrogen and oxygen atoms in total. The zero-order valence-electron chi connectivity index (χ0n) is 25.3. The van der Waals surface area contributed by atoms with Gasteiger partial charge in [0.15, 0.2) is 5.78 Å². The Kier molecular flexibility index (Phi) is 7.73. The summed E-state index contributed by atoms with van der Waals surface area (Å²) in [5.74, 6) is -0.0983. The predicted molar refractivity (Wildman–Crippen MR) is 171 cm³/mol. The van der Waals surface area contributed by atoms with E-state index >= 15 is 0 Å². The van der Waals surface area contributed by atoms with Crippen LogP contribution in [-0.4, -0.2) is 60.8 Å². The van der Waals surface area contributed by atoms with Crippen LogP contribution in [0.3, 0.4) is 0 Å². The molecule has 2 aliphatic heterocycles. The number of halogens is 1. The molecule has 0 radical (unpaired) electrons. The van der Waals surface area contributed by atoms with Gasteiger partial charge in [0.25, 0.3) is 0 Å². The SMILES string of the molecule is CC(=O)c1cn(CC(=O)N2C[C@H](F)C[C@H]2C(=O)Nc2cccc3c2CN(c2ccccn2)C3)c2ccc(Cc3cncnc3)cc12. The van der Waals surface area contributed by atoms with Crippen LogP contribution in [0, 0.1) is 0 Å². The summed E-state index contributed by atoms with van der Waals surface area (Å²) in [4.78, 5) is 55.9. The molecule has 1 saturated heterocycles. The number of fused-ring (bicyclic) bond motifs is 2. The van der Waals surface area contributed by atoms with Crippen molar-refractivity contribution in [3.05, 3.63) is 114 Å². The highest BCUT2D eigenvalue weighted by molar-refractivity contribution is 6.07. The molecule has 0 unspecified atom stereocenters. The average molecular weight is 618 g/mol. The van der Waals surface area contributed by atoms with Crippen molar-refractivity contribution in [3.63, 3.8) is 0 Å². The summed E-state index contributed by atoms with van der Waals surface area (Å²) in [7, 11) is 0. The number of ketones is 1. The number of hydrogen-bond acceptors (Lipinski definition) is 7. The number of alkyl halides is 1. The van der Waals surface area contributed by atoms with Crippen molar-refractivity contribution in [2.45, 2.75) is 51.6 Å². The van der Waals surface area contributed by atoms with Crippen LogP contribution in [0.25, 0.3) is 10.9 Å². The van der Waals surface area contributed by atoms with Crippen LogP contribution in [0.4, 0.5) is 15.9 Å². The Morgan fingerprint density at radius 3 is 2.63 bits per heavy atom. The number of rotatable bonds is 8. The first-order chi connectivity index (χ1) is 22.3. The summed E-state index contributed by atoms with van der Waals surface area (Å²) in [6.45, 7) is 2.42. The Morgan fingerprint density at radius 1 is 1.00 bits per heavy atom. The van der Waals surface area contributed by atoms with Gasteiger partial charge < -0.3 is 19.7 Å². The molecule has 5 heterocycles. The van der Waals surface area contributed by atoms with E-state index in [1.165, 1.54) is 18.2 Å². The molecule has 2 amide bonds. The molecular weight excluding hydrogens is 585 g/mol. The van der Waals surface area contributed by atoms with Crippen LogP contribution in [-0.2, 0) is 35.6 Å². The molecule has 0 spiro atoms. The van der Waals surface area contributed by atoms with Gasteiger partial charge in [-0.1, -0.05) is 24.3 Å². The van der Waals surface area contributed by atoms with Crippen molar-refractivity contribution in [1.29, 1.82) is 0 Å². The molecule has 3 aromatic heterocycles. The summed E-state index contributed by atoms with van der Waals surface area (Å²) in [6.07, 6.45) is 7.57. The number of aromatic nitrogens is 4. The molecule has 2 aliphatic rings. The number of carbonyl (C=O) groups is 3. The number of nitrogens with one attached hydrogen (secondary N) is 1. The molecule has 0 bridgehead atoms. The number of nitrogens with zero attached hydrogens (tertiary/aromatic N) is 6. The van der Waals surface area contributed by atoms with Crippen molar-refractivity contribution < 1.29 is 18.8 Å². The van der Waals surface area contributed by atoms with Crippen molar-refractivity contribution in [2.24, 2.45) is 0 Å². The molecule has 1 N–H and O–H groups in total. The van der Waals surface area contributed by atoms with Gasteiger partial charge in [0.05, 0.1) is 6.54 Å². The van der Waals surface area contributed by atoms with Crippen LogP contribution >= 0.6 is 0 Å². The topological polar surface area (TPSA) is 113 Å². The van der Waals surface area contributed by atoms with Gasteiger partial charge in [-0.25, -0.2) is 19.3 Å². The standard InChI is InChI=1S/C35H32FN7O3/c1-22(44)28-18-41(31-9-8-23(12-27(28)31)11-24-14-37-21-38-15-24)20-34(45)43-17-26(36)13-32(43)35(46)40-30-6-4-5-25-16-42(19-29(25)30)33-7-2-3-10-39-33/h2-10,12,14-15,18,21,26,32H,11,13,16-17,19-20H2,1H3,(H,40,46)/t26-,32+/m1/s1. The first-order valence-corrected chi connectivity index (χ1v) is 15.2. The minimum absolute atomic E-state index is 0.0790. The lowest BCUT2D eigenvalue weighted by molar-refractivity contribution is -0.137. The van der Waals surface area contributed by atoms with Crippen LogP contribution in [0.2, 0.25) is 0 Å². The summed E-state index contributed by atoms with van der Waals surface area (Å²) < 4.78 is 16.5. The lowest BCUT2D eigenvalue weighted by Gasteiger charge is -2.24. The van der Waals surface area contributed by atoms with E-state index in [-0.39, 0.29) is 25.3 Å². The Bertz CT molecular complexity index is 1950. The maximum Gasteiger partial charge on any atom is 0.247 e. The molecule has 2 aromatic carbocycles. The third-order valence-corrected chi connectivity index (χ3v) is 8.74. The van der Waals surface area contributed by atoms with E-state index in [0.29, 0.717) is 36.3 Å². The van der Waals surface area contributed by atoms with Gasteiger partial charge in [-0.15, -0.1) is 0 Å². The van der Waals surface area contributed by atoms with Gasteiger partial charge in [-0.2, -0.15) is 0 Å². The van der Waals surface area contributed by atoms with E-state index in [0.717, 1.165) is 33.5 Å².